The smallest absolute Gasteiger partial charge is 0.240 e. The minimum atomic E-state index is -0.217. The monoisotopic (exact) mass is 196 g/mol. The molecular formula is C11H20N2O. The number of piperazine rings is 1. The Hall–Kier alpha value is -0.570. The first kappa shape index (κ1) is 9.97. The second-order valence-corrected chi connectivity index (χ2v) is 4.50. The highest BCUT2D eigenvalue weighted by atomic mass is 16.2. The molecule has 0 aromatic carbocycles. The second kappa shape index (κ2) is 3.89. The third kappa shape index (κ3) is 1.44. The lowest BCUT2D eigenvalue weighted by Gasteiger charge is -2.45. The first-order valence-electron chi connectivity index (χ1n) is 5.83. The van der Waals surface area contributed by atoms with Crippen molar-refractivity contribution < 1.29 is 4.79 Å². The van der Waals surface area contributed by atoms with Gasteiger partial charge in [0.05, 0.1) is 0 Å². The van der Waals surface area contributed by atoms with E-state index in [0.717, 1.165) is 25.9 Å². The summed E-state index contributed by atoms with van der Waals surface area (Å²) in [6.45, 7) is 3.92. The Bertz CT molecular complexity index is 223. The number of amides is 1. The molecule has 2 unspecified atom stereocenters. The van der Waals surface area contributed by atoms with Gasteiger partial charge in [-0.3, -0.25) is 4.79 Å². The molecule has 2 aliphatic rings. The maximum absolute atomic E-state index is 12.0. The summed E-state index contributed by atoms with van der Waals surface area (Å²) in [7, 11) is 0. The molecule has 3 nitrogen and oxygen atoms in total. The van der Waals surface area contributed by atoms with Gasteiger partial charge in [-0.1, -0.05) is 26.2 Å². The van der Waals surface area contributed by atoms with Crippen LogP contribution in [0.1, 0.15) is 39.0 Å². The van der Waals surface area contributed by atoms with Crippen LogP contribution in [0.5, 0.6) is 0 Å². The molecule has 2 N–H and O–H groups in total. The quantitative estimate of drug-likeness (QED) is 0.658. The highest BCUT2D eigenvalue weighted by Crippen LogP contribution is 2.36. The molecule has 0 aromatic rings. The van der Waals surface area contributed by atoms with Crippen LogP contribution >= 0.6 is 0 Å². The van der Waals surface area contributed by atoms with Crippen molar-refractivity contribution in [1.82, 2.24) is 10.6 Å². The van der Waals surface area contributed by atoms with Gasteiger partial charge >= 0.3 is 0 Å². The average molecular weight is 196 g/mol. The van der Waals surface area contributed by atoms with Crippen LogP contribution in [0, 0.1) is 5.92 Å². The standard InChI is InChI=1S/C11H20N2O/c1-2-9-5-3-4-6-11(9)10(14)12-7-8-13-11/h9,13H,2-8H2,1H3,(H,12,14). The highest BCUT2D eigenvalue weighted by Gasteiger charge is 2.46. The maximum Gasteiger partial charge on any atom is 0.240 e. The van der Waals surface area contributed by atoms with E-state index in [1.165, 1.54) is 19.3 Å². The zero-order valence-corrected chi connectivity index (χ0v) is 8.94. The number of rotatable bonds is 1. The Balaban J connectivity index is 2.19. The van der Waals surface area contributed by atoms with Gasteiger partial charge in [-0.05, 0) is 18.8 Å². The first-order chi connectivity index (χ1) is 6.79. The molecule has 1 spiro atoms. The topological polar surface area (TPSA) is 41.1 Å². The van der Waals surface area contributed by atoms with Crippen LogP contribution < -0.4 is 10.6 Å². The van der Waals surface area contributed by atoms with Gasteiger partial charge in [-0.2, -0.15) is 0 Å². The van der Waals surface area contributed by atoms with Crippen LogP contribution in [0.2, 0.25) is 0 Å². The third-order valence-electron chi connectivity index (χ3n) is 3.82. The van der Waals surface area contributed by atoms with Crippen molar-refractivity contribution in [1.29, 1.82) is 0 Å². The number of carbonyl (C=O) groups excluding carboxylic acids is 1. The van der Waals surface area contributed by atoms with Crippen molar-refractivity contribution in [2.45, 2.75) is 44.6 Å². The molecule has 2 fully saturated rings. The maximum atomic E-state index is 12.0. The second-order valence-electron chi connectivity index (χ2n) is 4.50. The lowest BCUT2D eigenvalue weighted by atomic mass is 9.70. The van der Waals surface area contributed by atoms with Gasteiger partial charge in [0.2, 0.25) is 5.91 Å². The van der Waals surface area contributed by atoms with E-state index in [0.29, 0.717) is 5.92 Å². The number of hydrogen-bond acceptors (Lipinski definition) is 2. The number of nitrogens with one attached hydrogen (secondary N) is 2. The van der Waals surface area contributed by atoms with Crippen molar-refractivity contribution in [3.8, 4) is 0 Å². The number of carbonyl (C=O) groups is 1. The molecule has 1 heterocycles. The minimum absolute atomic E-state index is 0.217. The molecule has 1 aliphatic carbocycles. The molecule has 0 radical (unpaired) electrons. The fourth-order valence-corrected chi connectivity index (χ4v) is 3.03. The largest absolute Gasteiger partial charge is 0.353 e. The van der Waals surface area contributed by atoms with E-state index in [4.69, 9.17) is 0 Å². The fraction of sp³-hybridized carbons (Fsp3) is 0.909. The summed E-state index contributed by atoms with van der Waals surface area (Å²) in [5, 5.41) is 6.48. The summed E-state index contributed by atoms with van der Waals surface area (Å²) in [5.74, 6) is 0.784. The van der Waals surface area contributed by atoms with E-state index in [1.807, 2.05) is 0 Å². The Morgan fingerprint density at radius 1 is 1.43 bits per heavy atom. The summed E-state index contributed by atoms with van der Waals surface area (Å²) < 4.78 is 0. The molecule has 3 heteroatoms. The van der Waals surface area contributed by atoms with Crippen LogP contribution in [-0.2, 0) is 4.79 Å². The Labute approximate surface area is 85.6 Å². The van der Waals surface area contributed by atoms with Gasteiger partial charge in [-0.15, -0.1) is 0 Å². The van der Waals surface area contributed by atoms with Crippen molar-refractivity contribution in [2.75, 3.05) is 13.1 Å². The Morgan fingerprint density at radius 3 is 3.00 bits per heavy atom. The van der Waals surface area contributed by atoms with Crippen molar-refractivity contribution >= 4 is 5.91 Å². The fourth-order valence-electron chi connectivity index (χ4n) is 3.03. The first-order valence-corrected chi connectivity index (χ1v) is 5.83. The van der Waals surface area contributed by atoms with Crippen LogP contribution in [0.25, 0.3) is 0 Å². The van der Waals surface area contributed by atoms with Crippen LogP contribution in [0.4, 0.5) is 0 Å². The highest BCUT2D eigenvalue weighted by molar-refractivity contribution is 5.87. The summed E-state index contributed by atoms with van der Waals surface area (Å²) in [6.07, 6.45) is 5.82. The lowest BCUT2D eigenvalue weighted by molar-refractivity contribution is -0.133. The molecule has 1 saturated carbocycles. The molecule has 2 rings (SSSR count). The predicted molar refractivity (Wildman–Crippen MR) is 56.0 cm³/mol. The summed E-state index contributed by atoms with van der Waals surface area (Å²) in [4.78, 5) is 12.0. The van der Waals surface area contributed by atoms with Gasteiger partial charge in [0, 0.05) is 13.1 Å². The van der Waals surface area contributed by atoms with E-state index in [2.05, 4.69) is 17.6 Å². The molecule has 80 valence electrons. The van der Waals surface area contributed by atoms with Crippen LogP contribution in [0.15, 0.2) is 0 Å². The van der Waals surface area contributed by atoms with Crippen molar-refractivity contribution in [3.05, 3.63) is 0 Å². The normalized spacial score (nSPS) is 38.4. The van der Waals surface area contributed by atoms with Gasteiger partial charge in [0.1, 0.15) is 5.54 Å². The van der Waals surface area contributed by atoms with E-state index in [-0.39, 0.29) is 11.4 Å². The van der Waals surface area contributed by atoms with Crippen LogP contribution in [0.3, 0.4) is 0 Å². The third-order valence-corrected chi connectivity index (χ3v) is 3.82. The predicted octanol–water partition coefficient (Wildman–Crippen LogP) is 1.04. The molecule has 0 bridgehead atoms. The van der Waals surface area contributed by atoms with Gasteiger partial charge < -0.3 is 10.6 Å². The van der Waals surface area contributed by atoms with Crippen molar-refractivity contribution in [2.24, 2.45) is 5.92 Å². The molecule has 1 aliphatic heterocycles. The SMILES string of the molecule is CCC1CCCCC12NCCNC2=O. The molecule has 2 atom stereocenters. The summed E-state index contributed by atoms with van der Waals surface area (Å²) in [6, 6.07) is 0. The summed E-state index contributed by atoms with van der Waals surface area (Å²) >= 11 is 0. The van der Waals surface area contributed by atoms with Crippen molar-refractivity contribution in [3.63, 3.8) is 0 Å². The van der Waals surface area contributed by atoms with E-state index >= 15 is 0 Å². The summed E-state index contributed by atoms with van der Waals surface area (Å²) in [5.41, 5.74) is -0.217. The molecule has 0 aromatic heterocycles. The van der Waals surface area contributed by atoms with Gasteiger partial charge in [0.25, 0.3) is 0 Å². The van der Waals surface area contributed by atoms with E-state index in [9.17, 15) is 4.79 Å². The van der Waals surface area contributed by atoms with E-state index < -0.39 is 0 Å². The Kier molecular flexibility index (Phi) is 2.77. The molecule has 1 saturated heterocycles. The lowest BCUT2D eigenvalue weighted by Crippen LogP contribution is -2.67. The van der Waals surface area contributed by atoms with E-state index in [1.54, 1.807) is 0 Å². The average Bonchev–Trinajstić information content (AvgIpc) is 2.23. The molecule has 14 heavy (non-hydrogen) atoms. The Morgan fingerprint density at radius 2 is 2.29 bits per heavy atom. The molecule has 1 amide bonds. The zero-order valence-electron chi connectivity index (χ0n) is 8.94. The van der Waals surface area contributed by atoms with Gasteiger partial charge in [-0.25, -0.2) is 0 Å². The number of hydrogen-bond donors (Lipinski definition) is 2. The zero-order chi connectivity index (χ0) is 10.0. The minimum Gasteiger partial charge on any atom is -0.353 e. The molecular weight excluding hydrogens is 176 g/mol. The van der Waals surface area contributed by atoms with Gasteiger partial charge in [0.15, 0.2) is 0 Å². The van der Waals surface area contributed by atoms with Crippen LogP contribution in [-0.4, -0.2) is 24.5 Å².